The van der Waals surface area contributed by atoms with Crippen molar-refractivity contribution in [2.45, 2.75) is 32.3 Å². The molecule has 3 aromatic rings. The Balaban J connectivity index is 1.47. The van der Waals surface area contributed by atoms with Gasteiger partial charge in [-0.15, -0.1) is 5.10 Å². The fourth-order valence-corrected chi connectivity index (χ4v) is 3.21. The molecule has 1 aliphatic rings. The minimum Gasteiger partial charge on any atom is -0.484 e. The molecule has 8 nitrogen and oxygen atoms in total. The molecule has 0 bridgehead atoms. The van der Waals surface area contributed by atoms with Gasteiger partial charge >= 0.3 is 6.03 Å². The molecule has 160 valence electrons. The Morgan fingerprint density at radius 1 is 1.26 bits per heavy atom. The maximum Gasteiger partial charge on any atom is 0.316 e. The van der Waals surface area contributed by atoms with Gasteiger partial charge in [-0.1, -0.05) is 6.92 Å². The first-order valence-corrected chi connectivity index (χ1v) is 10.0. The van der Waals surface area contributed by atoms with Crippen LogP contribution in [-0.2, 0) is 0 Å². The summed E-state index contributed by atoms with van der Waals surface area (Å²) in [4.78, 5) is 24.3. The number of halogens is 1. The number of nitrogens with two attached hydrogens (primary N) is 1. The second kappa shape index (κ2) is 8.55. The number of ketones is 1. The van der Waals surface area contributed by atoms with Gasteiger partial charge in [0.25, 0.3) is 0 Å². The first kappa shape index (κ1) is 20.5. The average Bonchev–Trinajstić information content (AvgIpc) is 3.50. The number of carbonyl (C=O) groups excluding carboxylic acids is 2. The maximum atomic E-state index is 14.2. The van der Waals surface area contributed by atoms with E-state index in [-0.39, 0.29) is 23.5 Å². The van der Waals surface area contributed by atoms with Gasteiger partial charge in [-0.25, -0.2) is 9.18 Å². The molecule has 0 saturated heterocycles. The van der Waals surface area contributed by atoms with Gasteiger partial charge < -0.3 is 15.8 Å². The molecule has 3 N–H and O–H groups in total. The second-order valence-electron chi connectivity index (χ2n) is 7.39. The van der Waals surface area contributed by atoms with Crippen molar-refractivity contribution in [1.82, 2.24) is 15.0 Å². The standard InChI is InChI=1S/C22H22FN5O3/c1-2-20(31-16-8-5-14(6-9-16)21(29)13-3-4-13)19-12-25-28(27-19)15-7-10-18(17(23)11-15)26-22(24)30/h5-13,20H,2-4H2,1H3,(H3,24,26,30). The topological polar surface area (TPSA) is 112 Å². The smallest absolute Gasteiger partial charge is 0.316 e. The molecule has 1 aliphatic carbocycles. The summed E-state index contributed by atoms with van der Waals surface area (Å²) >= 11 is 0. The van der Waals surface area contributed by atoms with Crippen LogP contribution in [0.3, 0.4) is 0 Å². The van der Waals surface area contributed by atoms with Crippen LogP contribution in [0.2, 0.25) is 0 Å². The number of primary amides is 1. The van der Waals surface area contributed by atoms with Crippen LogP contribution in [0.25, 0.3) is 5.69 Å². The molecular weight excluding hydrogens is 401 g/mol. The zero-order chi connectivity index (χ0) is 22.0. The van der Waals surface area contributed by atoms with E-state index >= 15 is 0 Å². The highest BCUT2D eigenvalue weighted by Crippen LogP contribution is 2.33. The summed E-state index contributed by atoms with van der Waals surface area (Å²) in [6, 6.07) is 10.4. The van der Waals surface area contributed by atoms with Crippen LogP contribution in [0.5, 0.6) is 5.75 Å². The Kier molecular flexibility index (Phi) is 5.66. The molecular formula is C22H22FN5O3. The number of anilines is 1. The van der Waals surface area contributed by atoms with Crippen LogP contribution in [0.15, 0.2) is 48.7 Å². The number of benzene rings is 2. The van der Waals surface area contributed by atoms with Gasteiger partial charge in [-0.3, -0.25) is 4.79 Å². The van der Waals surface area contributed by atoms with Crippen molar-refractivity contribution in [1.29, 1.82) is 0 Å². The number of nitrogens with one attached hydrogen (secondary N) is 1. The molecule has 1 atom stereocenters. The van der Waals surface area contributed by atoms with E-state index in [1.807, 2.05) is 6.92 Å². The first-order chi connectivity index (χ1) is 14.9. The third-order valence-electron chi connectivity index (χ3n) is 5.02. The SMILES string of the molecule is CCC(Oc1ccc(C(=O)C2CC2)cc1)c1cnn(-c2ccc(NC(N)=O)c(F)c2)n1. The van der Waals surface area contributed by atoms with E-state index in [1.165, 1.54) is 16.9 Å². The third kappa shape index (κ3) is 4.71. The highest BCUT2D eigenvalue weighted by molar-refractivity contribution is 5.99. The van der Waals surface area contributed by atoms with Crippen LogP contribution in [0.4, 0.5) is 14.9 Å². The Labute approximate surface area is 178 Å². The quantitative estimate of drug-likeness (QED) is 0.532. The lowest BCUT2D eigenvalue weighted by molar-refractivity contribution is 0.0967. The van der Waals surface area contributed by atoms with E-state index in [2.05, 4.69) is 15.5 Å². The summed E-state index contributed by atoms with van der Waals surface area (Å²) in [6.45, 7) is 1.96. The lowest BCUT2D eigenvalue weighted by atomic mass is 10.1. The van der Waals surface area contributed by atoms with Crippen molar-refractivity contribution in [3.05, 3.63) is 65.7 Å². The maximum absolute atomic E-state index is 14.2. The lowest BCUT2D eigenvalue weighted by Crippen LogP contribution is -2.20. The Morgan fingerprint density at radius 2 is 2.00 bits per heavy atom. The number of urea groups is 1. The summed E-state index contributed by atoms with van der Waals surface area (Å²) < 4.78 is 20.2. The van der Waals surface area contributed by atoms with E-state index < -0.39 is 11.8 Å². The zero-order valence-corrected chi connectivity index (χ0v) is 16.9. The van der Waals surface area contributed by atoms with E-state index in [4.69, 9.17) is 10.5 Å². The summed E-state index contributed by atoms with van der Waals surface area (Å²) in [7, 11) is 0. The largest absolute Gasteiger partial charge is 0.484 e. The van der Waals surface area contributed by atoms with Gasteiger partial charge in [0.05, 0.1) is 17.6 Å². The molecule has 1 saturated carbocycles. The minimum absolute atomic E-state index is 0.0259. The predicted molar refractivity (Wildman–Crippen MR) is 112 cm³/mol. The summed E-state index contributed by atoms with van der Waals surface area (Å²) in [5.41, 5.74) is 6.66. The van der Waals surface area contributed by atoms with Gasteiger partial charge in [0.1, 0.15) is 23.4 Å². The van der Waals surface area contributed by atoms with E-state index in [1.54, 1.807) is 36.5 Å². The zero-order valence-electron chi connectivity index (χ0n) is 16.9. The fraction of sp³-hybridized carbons (Fsp3) is 0.273. The number of nitrogens with zero attached hydrogens (tertiary/aromatic N) is 3. The molecule has 1 unspecified atom stereocenters. The number of carbonyl (C=O) groups is 2. The lowest BCUT2D eigenvalue weighted by Gasteiger charge is -2.15. The van der Waals surface area contributed by atoms with Gasteiger partial charge in [0, 0.05) is 17.5 Å². The number of aromatic nitrogens is 3. The number of rotatable bonds is 8. The predicted octanol–water partition coefficient (Wildman–Crippen LogP) is 4.02. The molecule has 31 heavy (non-hydrogen) atoms. The number of hydrogen-bond acceptors (Lipinski definition) is 5. The van der Waals surface area contributed by atoms with E-state index in [9.17, 15) is 14.0 Å². The van der Waals surface area contributed by atoms with Crippen LogP contribution < -0.4 is 15.8 Å². The van der Waals surface area contributed by atoms with Gasteiger partial charge in [-0.05, 0) is 55.7 Å². The molecule has 1 fully saturated rings. The molecule has 0 spiro atoms. The van der Waals surface area contributed by atoms with Crippen LogP contribution in [-0.4, -0.2) is 26.8 Å². The van der Waals surface area contributed by atoms with Gasteiger partial charge in [0.15, 0.2) is 5.78 Å². The number of Topliss-reactive ketones (excluding diaryl/α,β-unsaturated/α-hetero) is 1. The Morgan fingerprint density at radius 3 is 2.61 bits per heavy atom. The highest BCUT2D eigenvalue weighted by atomic mass is 19.1. The Hall–Kier alpha value is -3.75. The van der Waals surface area contributed by atoms with Gasteiger partial charge in [0.2, 0.25) is 0 Å². The number of hydrogen-bond donors (Lipinski definition) is 2. The van der Waals surface area contributed by atoms with E-state index in [0.717, 1.165) is 12.8 Å². The summed E-state index contributed by atoms with van der Waals surface area (Å²) in [5.74, 6) is 0.336. The van der Waals surface area contributed by atoms with Crippen LogP contribution >= 0.6 is 0 Å². The van der Waals surface area contributed by atoms with Crippen LogP contribution in [0.1, 0.15) is 48.3 Å². The molecule has 2 aromatic carbocycles. The molecule has 0 aliphatic heterocycles. The fourth-order valence-electron chi connectivity index (χ4n) is 3.21. The third-order valence-corrected chi connectivity index (χ3v) is 5.02. The van der Waals surface area contributed by atoms with E-state index in [0.29, 0.717) is 29.1 Å². The second-order valence-corrected chi connectivity index (χ2v) is 7.39. The summed E-state index contributed by atoms with van der Waals surface area (Å²) in [5, 5.41) is 10.8. The molecule has 4 rings (SSSR count). The minimum atomic E-state index is -0.848. The number of ether oxygens (including phenoxy) is 1. The normalized spacial score (nSPS) is 14.1. The highest BCUT2D eigenvalue weighted by Gasteiger charge is 2.30. The molecule has 2 amide bonds. The monoisotopic (exact) mass is 423 g/mol. The molecule has 1 heterocycles. The average molecular weight is 423 g/mol. The van der Waals surface area contributed by atoms with Crippen molar-refractivity contribution >= 4 is 17.5 Å². The van der Waals surface area contributed by atoms with Crippen molar-refractivity contribution in [3.8, 4) is 11.4 Å². The molecule has 1 aromatic heterocycles. The van der Waals surface area contributed by atoms with Crippen molar-refractivity contribution in [2.75, 3.05) is 5.32 Å². The first-order valence-electron chi connectivity index (χ1n) is 10.0. The Bertz CT molecular complexity index is 1110. The van der Waals surface area contributed by atoms with Crippen molar-refractivity contribution in [2.24, 2.45) is 11.7 Å². The molecule has 0 radical (unpaired) electrons. The van der Waals surface area contributed by atoms with Crippen LogP contribution in [0, 0.1) is 11.7 Å². The molecule has 9 heteroatoms. The van der Waals surface area contributed by atoms with Gasteiger partial charge in [-0.2, -0.15) is 9.90 Å². The van der Waals surface area contributed by atoms with Crippen molar-refractivity contribution in [3.63, 3.8) is 0 Å². The van der Waals surface area contributed by atoms with Crippen molar-refractivity contribution < 1.29 is 18.7 Å². The summed E-state index contributed by atoms with van der Waals surface area (Å²) in [6.07, 6.45) is 3.78. The number of amides is 2.